The Morgan fingerprint density at radius 3 is 2.26 bits per heavy atom. The van der Waals surface area contributed by atoms with E-state index >= 15 is 0 Å². The zero-order valence-corrected chi connectivity index (χ0v) is 16.7. The van der Waals surface area contributed by atoms with Crippen LogP contribution in [0.3, 0.4) is 0 Å². The van der Waals surface area contributed by atoms with Gasteiger partial charge < -0.3 is 19.5 Å². The summed E-state index contributed by atoms with van der Waals surface area (Å²) < 4.78 is 16.0. The predicted molar refractivity (Wildman–Crippen MR) is 107 cm³/mol. The summed E-state index contributed by atoms with van der Waals surface area (Å²) in [4.78, 5) is 14.6. The lowest BCUT2D eigenvalue weighted by Gasteiger charge is -2.22. The maximum atomic E-state index is 12.5. The van der Waals surface area contributed by atoms with Gasteiger partial charge in [-0.2, -0.15) is 0 Å². The molecule has 6 heteroatoms. The second kappa shape index (κ2) is 9.83. The van der Waals surface area contributed by atoms with Crippen LogP contribution in [0.2, 0.25) is 0 Å². The van der Waals surface area contributed by atoms with Crippen molar-refractivity contribution in [2.75, 3.05) is 39.7 Å². The van der Waals surface area contributed by atoms with E-state index in [1.807, 2.05) is 50.2 Å². The number of benzene rings is 2. The van der Waals surface area contributed by atoms with Crippen LogP contribution in [0.1, 0.15) is 18.1 Å². The van der Waals surface area contributed by atoms with E-state index < -0.39 is 0 Å². The second-order valence-electron chi connectivity index (χ2n) is 6.19. The molecule has 6 nitrogen and oxygen atoms in total. The van der Waals surface area contributed by atoms with E-state index in [2.05, 4.69) is 10.2 Å². The van der Waals surface area contributed by atoms with Gasteiger partial charge in [0, 0.05) is 6.54 Å². The molecule has 0 unspecified atom stereocenters. The topological polar surface area (TPSA) is 60.0 Å². The molecule has 0 bridgehead atoms. The maximum absolute atomic E-state index is 12.5. The van der Waals surface area contributed by atoms with Crippen LogP contribution in [0.5, 0.6) is 17.2 Å². The molecule has 2 aromatic rings. The standard InChI is InChI=1S/C21H28N2O4/c1-6-23(13-16-12-20(27-5)19(26-4)11-15(16)2)14-21(24)22-17-9-7-8-10-18(17)25-3/h7-12H,6,13-14H2,1-5H3,(H,22,24). The molecule has 146 valence electrons. The van der Waals surface area contributed by atoms with Gasteiger partial charge in [-0.05, 0) is 48.9 Å². The Kier molecular flexibility index (Phi) is 7.49. The van der Waals surface area contributed by atoms with Crippen LogP contribution in [0.15, 0.2) is 36.4 Å². The van der Waals surface area contributed by atoms with Gasteiger partial charge in [-0.1, -0.05) is 19.1 Å². The van der Waals surface area contributed by atoms with Crippen LogP contribution in [-0.4, -0.2) is 45.2 Å². The van der Waals surface area contributed by atoms with Crippen LogP contribution in [-0.2, 0) is 11.3 Å². The van der Waals surface area contributed by atoms with Gasteiger partial charge >= 0.3 is 0 Å². The van der Waals surface area contributed by atoms with Crippen molar-refractivity contribution in [1.82, 2.24) is 4.90 Å². The highest BCUT2D eigenvalue weighted by atomic mass is 16.5. The van der Waals surface area contributed by atoms with Gasteiger partial charge in [0.05, 0.1) is 33.6 Å². The molecule has 0 aromatic heterocycles. The molecule has 1 N–H and O–H groups in total. The highest BCUT2D eigenvalue weighted by Crippen LogP contribution is 2.31. The molecule has 1 amide bonds. The molecule has 0 radical (unpaired) electrons. The molecule has 0 aliphatic rings. The Morgan fingerprint density at radius 2 is 1.63 bits per heavy atom. The Labute approximate surface area is 161 Å². The van der Waals surface area contributed by atoms with E-state index in [0.29, 0.717) is 29.5 Å². The number of aryl methyl sites for hydroxylation is 1. The fourth-order valence-corrected chi connectivity index (χ4v) is 2.85. The molecule has 0 atom stereocenters. The summed E-state index contributed by atoms with van der Waals surface area (Å²) in [6, 6.07) is 11.3. The van der Waals surface area contributed by atoms with Crippen LogP contribution in [0, 0.1) is 6.92 Å². The number of nitrogens with one attached hydrogen (secondary N) is 1. The van der Waals surface area contributed by atoms with Crippen LogP contribution < -0.4 is 19.5 Å². The largest absolute Gasteiger partial charge is 0.495 e. The Morgan fingerprint density at radius 1 is 1.00 bits per heavy atom. The number of para-hydroxylation sites is 2. The van der Waals surface area contributed by atoms with Crippen molar-refractivity contribution in [3.8, 4) is 17.2 Å². The minimum Gasteiger partial charge on any atom is -0.495 e. The first-order valence-electron chi connectivity index (χ1n) is 8.89. The zero-order valence-electron chi connectivity index (χ0n) is 16.7. The SMILES string of the molecule is CCN(CC(=O)Nc1ccccc1OC)Cc1cc(OC)c(OC)cc1C. The lowest BCUT2D eigenvalue weighted by molar-refractivity contribution is -0.117. The summed E-state index contributed by atoms with van der Waals surface area (Å²) in [5.41, 5.74) is 2.86. The Hall–Kier alpha value is -2.73. The van der Waals surface area contributed by atoms with E-state index in [1.165, 1.54) is 0 Å². The van der Waals surface area contributed by atoms with Gasteiger partial charge in [-0.25, -0.2) is 0 Å². The van der Waals surface area contributed by atoms with Crippen molar-refractivity contribution >= 4 is 11.6 Å². The average Bonchev–Trinajstić information content (AvgIpc) is 2.68. The smallest absolute Gasteiger partial charge is 0.238 e. The highest BCUT2D eigenvalue weighted by molar-refractivity contribution is 5.93. The minimum absolute atomic E-state index is 0.0838. The van der Waals surface area contributed by atoms with E-state index in [0.717, 1.165) is 17.7 Å². The molecule has 27 heavy (non-hydrogen) atoms. The predicted octanol–water partition coefficient (Wildman–Crippen LogP) is 3.48. The summed E-state index contributed by atoms with van der Waals surface area (Å²) in [5, 5.41) is 2.92. The Bertz CT molecular complexity index is 777. The van der Waals surface area contributed by atoms with Crippen molar-refractivity contribution in [3.63, 3.8) is 0 Å². The fraction of sp³-hybridized carbons (Fsp3) is 0.381. The van der Waals surface area contributed by atoms with E-state index in [-0.39, 0.29) is 12.5 Å². The lowest BCUT2D eigenvalue weighted by Crippen LogP contribution is -2.33. The number of methoxy groups -OCH3 is 3. The molecular weight excluding hydrogens is 344 g/mol. The van der Waals surface area contributed by atoms with Crippen LogP contribution >= 0.6 is 0 Å². The number of carbonyl (C=O) groups is 1. The summed E-state index contributed by atoms with van der Waals surface area (Å²) in [6.07, 6.45) is 0. The number of hydrogen-bond acceptors (Lipinski definition) is 5. The first-order valence-corrected chi connectivity index (χ1v) is 8.89. The van der Waals surface area contributed by atoms with Crippen molar-refractivity contribution < 1.29 is 19.0 Å². The van der Waals surface area contributed by atoms with E-state index in [4.69, 9.17) is 14.2 Å². The zero-order chi connectivity index (χ0) is 19.8. The summed E-state index contributed by atoms with van der Waals surface area (Å²) in [5.74, 6) is 1.95. The van der Waals surface area contributed by atoms with Gasteiger partial charge in [-0.15, -0.1) is 0 Å². The molecule has 0 aliphatic heterocycles. The molecular formula is C21H28N2O4. The van der Waals surface area contributed by atoms with Crippen molar-refractivity contribution in [2.24, 2.45) is 0 Å². The maximum Gasteiger partial charge on any atom is 0.238 e. The summed E-state index contributed by atoms with van der Waals surface area (Å²) in [7, 11) is 4.83. The van der Waals surface area contributed by atoms with E-state index in [9.17, 15) is 4.79 Å². The van der Waals surface area contributed by atoms with Crippen molar-refractivity contribution in [2.45, 2.75) is 20.4 Å². The molecule has 0 aliphatic carbocycles. The number of amides is 1. The summed E-state index contributed by atoms with van der Waals surface area (Å²) >= 11 is 0. The second-order valence-corrected chi connectivity index (χ2v) is 6.19. The van der Waals surface area contributed by atoms with Gasteiger partial charge in [0.15, 0.2) is 11.5 Å². The quantitative estimate of drug-likeness (QED) is 0.730. The lowest BCUT2D eigenvalue weighted by atomic mass is 10.1. The van der Waals surface area contributed by atoms with Crippen molar-refractivity contribution in [3.05, 3.63) is 47.5 Å². The number of nitrogens with zero attached hydrogens (tertiary/aromatic N) is 1. The van der Waals surface area contributed by atoms with Gasteiger partial charge in [0.2, 0.25) is 5.91 Å². The Balaban J connectivity index is 2.08. The fourth-order valence-electron chi connectivity index (χ4n) is 2.85. The van der Waals surface area contributed by atoms with Crippen LogP contribution in [0.25, 0.3) is 0 Å². The van der Waals surface area contributed by atoms with Crippen LogP contribution in [0.4, 0.5) is 5.69 Å². The molecule has 0 saturated heterocycles. The average molecular weight is 372 g/mol. The van der Waals surface area contributed by atoms with Gasteiger partial charge in [-0.3, -0.25) is 9.69 Å². The van der Waals surface area contributed by atoms with Gasteiger partial charge in [0.1, 0.15) is 5.75 Å². The molecule has 0 saturated carbocycles. The molecule has 0 fully saturated rings. The first kappa shape index (κ1) is 20.6. The minimum atomic E-state index is -0.0838. The number of hydrogen-bond donors (Lipinski definition) is 1. The third kappa shape index (κ3) is 5.37. The normalized spacial score (nSPS) is 10.6. The summed E-state index contributed by atoms with van der Waals surface area (Å²) in [6.45, 7) is 5.73. The third-order valence-electron chi connectivity index (χ3n) is 4.43. The number of likely N-dealkylation sites (N-methyl/N-ethyl adjacent to an activating group) is 1. The molecule has 0 spiro atoms. The number of carbonyl (C=O) groups excluding carboxylic acids is 1. The number of ether oxygens (including phenoxy) is 3. The van der Waals surface area contributed by atoms with E-state index in [1.54, 1.807) is 21.3 Å². The molecule has 0 heterocycles. The first-order chi connectivity index (χ1) is 13.0. The number of anilines is 1. The number of rotatable bonds is 9. The third-order valence-corrected chi connectivity index (χ3v) is 4.43. The monoisotopic (exact) mass is 372 g/mol. The highest BCUT2D eigenvalue weighted by Gasteiger charge is 2.15. The molecule has 2 aromatic carbocycles. The molecule has 2 rings (SSSR count). The van der Waals surface area contributed by atoms with Gasteiger partial charge in [0.25, 0.3) is 0 Å². The van der Waals surface area contributed by atoms with Crippen molar-refractivity contribution in [1.29, 1.82) is 0 Å².